The molecule has 100 valence electrons. The molecular weight excluding hydrogens is 222 g/mol. The summed E-state index contributed by atoms with van der Waals surface area (Å²) in [7, 11) is 0. The molecule has 0 saturated carbocycles. The minimum absolute atomic E-state index is 0.363. The first kappa shape index (κ1) is 13.6. The lowest BCUT2D eigenvalue weighted by atomic mass is 9.85. The number of hydrogen-bond acceptors (Lipinski definition) is 2. The highest BCUT2D eigenvalue weighted by atomic mass is 16.3. The van der Waals surface area contributed by atoms with Gasteiger partial charge in [0.1, 0.15) is 0 Å². The molecule has 3 N–H and O–H groups in total. The highest BCUT2D eigenvalue weighted by Crippen LogP contribution is 2.29. The van der Waals surface area contributed by atoms with E-state index >= 15 is 0 Å². The zero-order valence-electron chi connectivity index (χ0n) is 11.4. The summed E-state index contributed by atoms with van der Waals surface area (Å²) in [5.74, 6) is 0.441. The van der Waals surface area contributed by atoms with Crippen LogP contribution in [0.3, 0.4) is 0 Å². The molecule has 0 bridgehead atoms. The summed E-state index contributed by atoms with van der Waals surface area (Å²) >= 11 is 0. The van der Waals surface area contributed by atoms with Gasteiger partial charge in [-0.25, -0.2) is 0 Å². The third-order valence-corrected chi connectivity index (χ3v) is 4.17. The van der Waals surface area contributed by atoms with E-state index in [-0.39, 0.29) is 6.10 Å². The Morgan fingerprint density at radius 1 is 1.22 bits per heavy atom. The molecule has 18 heavy (non-hydrogen) atoms. The van der Waals surface area contributed by atoms with Crippen LogP contribution in [0, 0.1) is 0 Å². The average molecular weight is 247 g/mol. The minimum Gasteiger partial charge on any atom is -0.392 e. The van der Waals surface area contributed by atoms with Crippen molar-refractivity contribution in [1.29, 1.82) is 0 Å². The van der Waals surface area contributed by atoms with E-state index in [1.807, 2.05) is 0 Å². The SMILES string of the molecule is CCC(CC(O)CN)c1ccc2c(c1)CCCC2. The van der Waals surface area contributed by atoms with Crippen molar-refractivity contribution in [3.8, 4) is 0 Å². The Hall–Kier alpha value is -0.860. The summed E-state index contributed by atoms with van der Waals surface area (Å²) in [6.07, 6.45) is 6.58. The first-order valence-electron chi connectivity index (χ1n) is 7.24. The van der Waals surface area contributed by atoms with Crippen LogP contribution in [0.2, 0.25) is 0 Å². The van der Waals surface area contributed by atoms with Crippen LogP contribution >= 0.6 is 0 Å². The van der Waals surface area contributed by atoms with Crippen LogP contribution in [0.15, 0.2) is 18.2 Å². The molecule has 2 rings (SSSR count). The molecule has 0 radical (unpaired) electrons. The van der Waals surface area contributed by atoms with Crippen molar-refractivity contribution in [2.75, 3.05) is 6.54 Å². The molecule has 0 aromatic heterocycles. The highest BCUT2D eigenvalue weighted by Gasteiger charge is 2.16. The first-order valence-corrected chi connectivity index (χ1v) is 7.24. The van der Waals surface area contributed by atoms with Crippen molar-refractivity contribution in [2.45, 2.75) is 57.5 Å². The maximum atomic E-state index is 9.73. The molecule has 0 heterocycles. The molecule has 1 aliphatic carbocycles. The number of aliphatic hydroxyl groups is 1. The van der Waals surface area contributed by atoms with Crippen LogP contribution in [-0.4, -0.2) is 17.8 Å². The van der Waals surface area contributed by atoms with Gasteiger partial charge in [-0.1, -0.05) is 25.1 Å². The Labute approximate surface area is 110 Å². The van der Waals surface area contributed by atoms with Crippen molar-refractivity contribution in [1.82, 2.24) is 0 Å². The molecule has 2 unspecified atom stereocenters. The molecule has 2 atom stereocenters. The van der Waals surface area contributed by atoms with E-state index in [0.717, 1.165) is 12.8 Å². The van der Waals surface area contributed by atoms with Gasteiger partial charge in [0, 0.05) is 6.54 Å². The van der Waals surface area contributed by atoms with Crippen LogP contribution in [0.5, 0.6) is 0 Å². The van der Waals surface area contributed by atoms with E-state index in [4.69, 9.17) is 5.73 Å². The third kappa shape index (κ3) is 3.12. The lowest BCUT2D eigenvalue weighted by molar-refractivity contribution is 0.162. The Balaban J connectivity index is 2.15. The number of benzene rings is 1. The van der Waals surface area contributed by atoms with Crippen LogP contribution in [0.1, 0.15) is 55.2 Å². The maximum Gasteiger partial charge on any atom is 0.0668 e. The lowest BCUT2D eigenvalue weighted by Crippen LogP contribution is -2.22. The van der Waals surface area contributed by atoms with Gasteiger partial charge in [-0.15, -0.1) is 0 Å². The molecule has 0 amide bonds. The highest BCUT2D eigenvalue weighted by molar-refractivity contribution is 5.35. The summed E-state index contributed by atoms with van der Waals surface area (Å²) in [5.41, 5.74) is 9.95. The molecule has 1 aliphatic rings. The summed E-state index contributed by atoms with van der Waals surface area (Å²) in [4.78, 5) is 0. The fraction of sp³-hybridized carbons (Fsp3) is 0.625. The Morgan fingerprint density at radius 2 is 1.94 bits per heavy atom. The smallest absolute Gasteiger partial charge is 0.0668 e. The zero-order valence-corrected chi connectivity index (χ0v) is 11.4. The third-order valence-electron chi connectivity index (χ3n) is 4.17. The number of nitrogens with two attached hydrogens (primary N) is 1. The van der Waals surface area contributed by atoms with E-state index in [0.29, 0.717) is 12.5 Å². The fourth-order valence-electron chi connectivity index (χ4n) is 2.97. The summed E-state index contributed by atoms with van der Waals surface area (Å²) < 4.78 is 0. The Bertz CT molecular complexity index is 389. The molecule has 1 aromatic rings. The normalized spacial score (nSPS) is 18.2. The number of fused-ring (bicyclic) bond motifs is 1. The van der Waals surface area contributed by atoms with Crippen LogP contribution < -0.4 is 5.73 Å². The van der Waals surface area contributed by atoms with Gasteiger partial charge in [-0.3, -0.25) is 0 Å². The quantitative estimate of drug-likeness (QED) is 0.840. The molecule has 1 aromatic carbocycles. The van der Waals surface area contributed by atoms with Crippen LogP contribution in [0.25, 0.3) is 0 Å². The van der Waals surface area contributed by atoms with Gasteiger partial charge in [0.15, 0.2) is 0 Å². The number of aliphatic hydroxyl groups excluding tert-OH is 1. The molecule has 0 saturated heterocycles. The second-order valence-corrected chi connectivity index (χ2v) is 5.47. The number of aryl methyl sites for hydroxylation is 2. The zero-order chi connectivity index (χ0) is 13.0. The van der Waals surface area contributed by atoms with Crippen molar-refractivity contribution in [3.05, 3.63) is 34.9 Å². The average Bonchev–Trinajstić information content (AvgIpc) is 2.44. The minimum atomic E-state index is -0.369. The van der Waals surface area contributed by atoms with E-state index in [9.17, 15) is 5.11 Å². The predicted molar refractivity (Wildman–Crippen MR) is 75.8 cm³/mol. The maximum absolute atomic E-state index is 9.73. The van der Waals surface area contributed by atoms with Gasteiger partial charge < -0.3 is 10.8 Å². The monoisotopic (exact) mass is 247 g/mol. The van der Waals surface area contributed by atoms with Crippen molar-refractivity contribution in [2.24, 2.45) is 5.73 Å². The van der Waals surface area contributed by atoms with Gasteiger partial charge in [0.25, 0.3) is 0 Å². The van der Waals surface area contributed by atoms with Gasteiger partial charge in [-0.2, -0.15) is 0 Å². The lowest BCUT2D eigenvalue weighted by Gasteiger charge is -2.22. The first-order chi connectivity index (χ1) is 8.74. The standard InChI is InChI=1S/C16H25NO/c1-2-12(10-16(18)11-17)15-8-7-13-5-3-4-6-14(13)9-15/h7-9,12,16,18H,2-6,10-11,17H2,1H3. The Morgan fingerprint density at radius 3 is 2.61 bits per heavy atom. The summed E-state index contributed by atoms with van der Waals surface area (Å²) in [5, 5.41) is 9.73. The van der Waals surface area contributed by atoms with E-state index in [1.165, 1.54) is 42.4 Å². The van der Waals surface area contributed by atoms with Crippen molar-refractivity contribution >= 4 is 0 Å². The molecule has 2 nitrogen and oxygen atoms in total. The number of rotatable bonds is 5. The van der Waals surface area contributed by atoms with Crippen molar-refractivity contribution < 1.29 is 5.11 Å². The molecule has 2 heteroatoms. The predicted octanol–water partition coefficient (Wildman–Crippen LogP) is 2.77. The van der Waals surface area contributed by atoms with E-state index < -0.39 is 0 Å². The number of hydrogen-bond donors (Lipinski definition) is 2. The van der Waals surface area contributed by atoms with Gasteiger partial charge in [0.2, 0.25) is 0 Å². The molecule has 0 aliphatic heterocycles. The molecular formula is C16H25NO. The van der Waals surface area contributed by atoms with E-state index in [2.05, 4.69) is 25.1 Å². The summed E-state index contributed by atoms with van der Waals surface area (Å²) in [6, 6.07) is 6.91. The van der Waals surface area contributed by atoms with E-state index in [1.54, 1.807) is 0 Å². The summed E-state index contributed by atoms with van der Waals surface area (Å²) in [6.45, 7) is 2.55. The van der Waals surface area contributed by atoms with Gasteiger partial charge in [0.05, 0.1) is 6.10 Å². The largest absolute Gasteiger partial charge is 0.392 e. The molecule has 0 fully saturated rings. The topological polar surface area (TPSA) is 46.2 Å². The van der Waals surface area contributed by atoms with Gasteiger partial charge >= 0.3 is 0 Å². The molecule has 0 spiro atoms. The van der Waals surface area contributed by atoms with Crippen LogP contribution in [-0.2, 0) is 12.8 Å². The fourth-order valence-corrected chi connectivity index (χ4v) is 2.97. The second-order valence-electron chi connectivity index (χ2n) is 5.47. The van der Waals surface area contributed by atoms with Crippen LogP contribution in [0.4, 0.5) is 0 Å². The Kier molecular flexibility index (Phi) is 4.79. The van der Waals surface area contributed by atoms with Gasteiger partial charge in [-0.05, 0) is 61.1 Å². The van der Waals surface area contributed by atoms with Crippen molar-refractivity contribution in [3.63, 3.8) is 0 Å². The second kappa shape index (κ2) is 6.35.